The average Bonchev–Trinajstić information content (AvgIpc) is 2.84. The van der Waals surface area contributed by atoms with Crippen LogP contribution in [0.1, 0.15) is 161 Å². The summed E-state index contributed by atoms with van der Waals surface area (Å²) in [5, 5.41) is 0. The summed E-state index contributed by atoms with van der Waals surface area (Å²) in [7, 11) is 0. The Bertz CT molecular complexity index is 598. The normalized spacial score (nSPS) is 12.1. The minimum absolute atomic E-state index is 0.642. The molecule has 0 amide bonds. The van der Waals surface area contributed by atoms with Crippen LogP contribution in [0.3, 0.4) is 0 Å². The van der Waals surface area contributed by atoms with Crippen LogP contribution in [0.4, 0.5) is 0 Å². The van der Waals surface area contributed by atoms with Crippen molar-refractivity contribution in [3.63, 3.8) is 0 Å². The average molecular weight is 503 g/mol. The van der Waals surface area contributed by atoms with Crippen LogP contribution in [-0.2, 0) is 0 Å². The zero-order valence-electron chi connectivity index (χ0n) is 28.8. The molecule has 0 aliphatic heterocycles. The van der Waals surface area contributed by atoms with Crippen molar-refractivity contribution in [2.45, 2.75) is 150 Å². The van der Waals surface area contributed by atoms with Crippen LogP contribution in [0.15, 0.2) is 46.6 Å². The van der Waals surface area contributed by atoms with Crippen LogP contribution in [0, 0.1) is 23.7 Å². The topological polar surface area (TPSA) is 0 Å². The van der Waals surface area contributed by atoms with Gasteiger partial charge in [0.15, 0.2) is 0 Å². The maximum Gasteiger partial charge on any atom is -0.0216 e. The van der Waals surface area contributed by atoms with Gasteiger partial charge in [-0.05, 0) is 74.3 Å². The Kier molecular flexibility index (Phi) is 27.9. The number of hydrogen-bond donors (Lipinski definition) is 0. The molecule has 0 saturated carbocycles. The van der Waals surface area contributed by atoms with Gasteiger partial charge in [0.1, 0.15) is 0 Å². The largest absolute Gasteiger partial charge is 0.0716 e. The third-order valence-electron chi connectivity index (χ3n) is 6.95. The van der Waals surface area contributed by atoms with E-state index in [1.807, 2.05) is 27.7 Å². The van der Waals surface area contributed by atoms with E-state index in [1.165, 1.54) is 11.1 Å². The number of hydrogen-bond acceptors (Lipinski definition) is 0. The lowest BCUT2D eigenvalue weighted by atomic mass is 9.91. The molecule has 36 heavy (non-hydrogen) atoms. The highest BCUT2D eigenvalue weighted by atomic mass is 14.1. The molecule has 0 atom stereocenters. The van der Waals surface area contributed by atoms with Gasteiger partial charge in [-0.1, -0.05) is 157 Å². The van der Waals surface area contributed by atoms with Crippen LogP contribution in [0.5, 0.6) is 0 Å². The van der Waals surface area contributed by atoms with E-state index in [0.717, 1.165) is 0 Å². The molecule has 1 aromatic carbocycles. The number of allylic oxidation sites excluding steroid dienone is 4. The van der Waals surface area contributed by atoms with Gasteiger partial charge in [-0.3, -0.25) is 0 Å². The first-order chi connectivity index (χ1) is 16.6. The summed E-state index contributed by atoms with van der Waals surface area (Å²) < 4.78 is 0. The molecule has 1 rings (SSSR count). The first-order valence-corrected chi connectivity index (χ1v) is 15.0. The predicted octanol–water partition coefficient (Wildman–Crippen LogP) is 13.3. The van der Waals surface area contributed by atoms with E-state index >= 15 is 0 Å². The highest BCUT2D eigenvalue weighted by Crippen LogP contribution is 2.25. The molecule has 0 unspecified atom stereocenters. The van der Waals surface area contributed by atoms with Crippen molar-refractivity contribution in [3.05, 3.63) is 57.7 Å². The zero-order chi connectivity index (χ0) is 29.8. The Balaban J connectivity index is -0.000000200. The molecule has 0 spiro atoms. The lowest BCUT2D eigenvalue weighted by molar-refractivity contribution is 0.691. The molecule has 0 saturated heterocycles. The maximum atomic E-state index is 2.25. The van der Waals surface area contributed by atoms with Crippen LogP contribution >= 0.6 is 0 Å². The summed E-state index contributed by atoms with van der Waals surface area (Å²) in [6.45, 7) is 44.0. The summed E-state index contributed by atoms with van der Waals surface area (Å²) in [6.07, 6.45) is 0. The Morgan fingerprint density at radius 3 is 0.667 bits per heavy atom. The molecule has 0 heterocycles. The fraction of sp³-hybridized carbons (Fsp3) is 0.722. The summed E-state index contributed by atoms with van der Waals surface area (Å²) >= 11 is 0. The molecule has 0 nitrogen and oxygen atoms in total. The highest BCUT2D eigenvalue weighted by molar-refractivity contribution is 5.31. The molecule has 0 aliphatic carbocycles. The van der Waals surface area contributed by atoms with Crippen molar-refractivity contribution in [1.82, 2.24) is 0 Å². The van der Waals surface area contributed by atoms with Crippen LogP contribution in [-0.4, -0.2) is 0 Å². The maximum absolute atomic E-state index is 2.25. The van der Waals surface area contributed by atoms with E-state index in [1.54, 1.807) is 22.3 Å². The van der Waals surface area contributed by atoms with Crippen molar-refractivity contribution < 1.29 is 0 Å². The first-order valence-electron chi connectivity index (χ1n) is 15.0. The molecule has 0 fully saturated rings. The van der Waals surface area contributed by atoms with E-state index in [9.17, 15) is 0 Å². The standard InChI is InChI=1S/C12H18.2C10H20.2C2H6/c1-9(2)11-7-5-6-8-12(11)10(3)4;2*1-7(2)9(5)10(6)8(3)4;2*1-2/h5-10H,1-4H3;2*7-8H,1-6H3;2*1-2H3/b;2*10-9-;;. The van der Waals surface area contributed by atoms with Gasteiger partial charge in [0.05, 0.1) is 0 Å². The quantitative estimate of drug-likeness (QED) is 0.339. The second-order valence-corrected chi connectivity index (χ2v) is 11.3. The Morgan fingerprint density at radius 1 is 0.389 bits per heavy atom. The molecule has 1 aromatic rings. The van der Waals surface area contributed by atoms with E-state index < -0.39 is 0 Å². The molecule has 0 heteroatoms. The first kappa shape index (κ1) is 41.8. The van der Waals surface area contributed by atoms with Crippen molar-refractivity contribution in [2.75, 3.05) is 0 Å². The van der Waals surface area contributed by atoms with Crippen molar-refractivity contribution in [1.29, 1.82) is 0 Å². The number of benzene rings is 1. The second kappa shape index (κ2) is 24.1. The lowest BCUT2D eigenvalue weighted by Crippen LogP contribution is -1.98. The monoisotopic (exact) mass is 503 g/mol. The Hall–Kier alpha value is -1.30. The SMILES string of the molecule is C/C(=C(\C)C(C)C)C(C)C.C/C(=C(\C)C(C)C)C(C)C.CC.CC.CC(C)c1ccccc1C(C)C. The lowest BCUT2D eigenvalue weighted by Gasteiger charge is -2.14. The van der Waals surface area contributed by atoms with Crippen LogP contribution < -0.4 is 0 Å². The van der Waals surface area contributed by atoms with Gasteiger partial charge >= 0.3 is 0 Å². The van der Waals surface area contributed by atoms with Gasteiger partial charge in [-0.2, -0.15) is 0 Å². The van der Waals surface area contributed by atoms with Gasteiger partial charge in [0.2, 0.25) is 0 Å². The smallest absolute Gasteiger partial charge is 0.0216 e. The molecule has 214 valence electrons. The van der Waals surface area contributed by atoms with Gasteiger partial charge in [-0.15, -0.1) is 0 Å². The molecule has 0 N–H and O–H groups in total. The molecular formula is C36H70. The summed E-state index contributed by atoms with van der Waals surface area (Å²) in [4.78, 5) is 0. The molecule has 0 bridgehead atoms. The Labute approximate surface area is 231 Å². The minimum atomic E-state index is 0.642. The van der Waals surface area contributed by atoms with Crippen molar-refractivity contribution in [3.8, 4) is 0 Å². The van der Waals surface area contributed by atoms with Crippen molar-refractivity contribution in [2.24, 2.45) is 23.7 Å². The fourth-order valence-corrected chi connectivity index (χ4v) is 3.38. The molecule has 0 radical (unpaired) electrons. The fourth-order valence-electron chi connectivity index (χ4n) is 3.38. The van der Waals surface area contributed by atoms with Gasteiger partial charge in [0, 0.05) is 0 Å². The third-order valence-corrected chi connectivity index (χ3v) is 6.95. The number of rotatable bonds is 6. The minimum Gasteiger partial charge on any atom is -0.0716 e. The van der Waals surface area contributed by atoms with E-state index in [2.05, 4.69) is 135 Å². The third kappa shape index (κ3) is 18.9. The molecule has 0 aliphatic rings. The highest BCUT2D eigenvalue weighted by Gasteiger charge is 2.08. The second-order valence-electron chi connectivity index (χ2n) is 11.3. The molecule has 0 aromatic heterocycles. The van der Waals surface area contributed by atoms with Gasteiger partial charge in [0.25, 0.3) is 0 Å². The van der Waals surface area contributed by atoms with Gasteiger partial charge in [-0.25, -0.2) is 0 Å². The summed E-state index contributed by atoms with van der Waals surface area (Å²) in [5.41, 5.74) is 9.19. The van der Waals surface area contributed by atoms with E-state index in [0.29, 0.717) is 35.5 Å². The van der Waals surface area contributed by atoms with Gasteiger partial charge < -0.3 is 0 Å². The van der Waals surface area contributed by atoms with Crippen LogP contribution in [0.25, 0.3) is 0 Å². The van der Waals surface area contributed by atoms with Crippen LogP contribution in [0.2, 0.25) is 0 Å². The van der Waals surface area contributed by atoms with E-state index in [4.69, 9.17) is 0 Å². The Morgan fingerprint density at radius 2 is 0.556 bits per heavy atom. The summed E-state index contributed by atoms with van der Waals surface area (Å²) in [5.74, 6) is 4.13. The van der Waals surface area contributed by atoms with E-state index in [-0.39, 0.29) is 0 Å². The predicted molar refractivity (Wildman–Crippen MR) is 173 cm³/mol. The summed E-state index contributed by atoms with van der Waals surface area (Å²) in [6, 6.07) is 8.72. The van der Waals surface area contributed by atoms with Crippen molar-refractivity contribution >= 4 is 0 Å². The molecular weight excluding hydrogens is 432 g/mol. The zero-order valence-corrected chi connectivity index (χ0v) is 28.8.